The Hall–Kier alpha value is -2.24. The predicted octanol–water partition coefficient (Wildman–Crippen LogP) is 4.93. The lowest BCUT2D eigenvalue weighted by Gasteiger charge is -2.54. The average Bonchev–Trinajstić information content (AvgIpc) is 3.09. The number of aromatic nitrogens is 2. The highest BCUT2D eigenvalue weighted by Crippen LogP contribution is 2.52. The van der Waals surface area contributed by atoms with Gasteiger partial charge in [0.25, 0.3) is 5.91 Å². The third-order valence-electron chi connectivity index (χ3n) is 9.11. The minimum atomic E-state index is -2.95. The van der Waals surface area contributed by atoms with Gasteiger partial charge in [0.05, 0.1) is 13.2 Å². The summed E-state index contributed by atoms with van der Waals surface area (Å²) >= 11 is 0. The van der Waals surface area contributed by atoms with Crippen LogP contribution in [0.3, 0.4) is 0 Å². The number of carbonyl (C=O) groups is 1. The van der Waals surface area contributed by atoms with Crippen molar-refractivity contribution in [3.05, 3.63) is 58.1 Å². The molecule has 1 unspecified atom stereocenters. The Kier molecular flexibility index (Phi) is 8.93. The van der Waals surface area contributed by atoms with Crippen LogP contribution in [0, 0.1) is 6.92 Å². The van der Waals surface area contributed by atoms with Crippen molar-refractivity contribution < 1.29 is 27.3 Å². The first kappa shape index (κ1) is 32.2. The van der Waals surface area contributed by atoms with Crippen LogP contribution in [0.4, 0.5) is 5.82 Å². The molecule has 2 aromatic rings. The minimum Gasteiger partial charge on any atom is -0.414 e. The monoisotopic (exact) mass is 630 g/mol. The van der Waals surface area contributed by atoms with Crippen LogP contribution in [-0.2, 0) is 22.5 Å². The van der Waals surface area contributed by atoms with Crippen molar-refractivity contribution in [1.82, 2.24) is 15.0 Å². The topological polar surface area (TPSA) is 122 Å². The Bertz CT molecular complexity index is 1370. The molecule has 3 saturated heterocycles. The van der Waals surface area contributed by atoms with Crippen LogP contribution in [0.5, 0.6) is 0 Å². The highest BCUT2D eigenvalue weighted by molar-refractivity contribution is 6.84. The maximum absolute atomic E-state index is 13.5. The van der Waals surface area contributed by atoms with Gasteiger partial charge < -0.3 is 23.0 Å². The summed E-state index contributed by atoms with van der Waals surface area (Å²) < 4.78 is 29.8. The van der Waals surface area contributed by atoms with E-state index in [2.05, 4.69) is 71.2 Å². The van der Waals surface area contributed by atoms with Gasteiger partial charge in [-0.05, 0) is 41.2 Å². The lowest BCUT2D eigenvalue weighted by Crippen LogP contribution is -2.71. The molecule has 3 aliphatic rings. The molecule has 4 heterocycles. The molecule has 2 bridgehead atoms. The first-order valence-corrected chi connectivity index (χ1v) is 19.2. The van der Waals surface area contributed by atoms with Crippen molar-refractivity contribution >= 4 is 28.8 Å². The SMILES string of the molecule is Cc1cn([C@@H]2O[C@@]34CNO[C@H]2C3O[Si](C(C)C)(C(C)C)O[Si](C(C)C)(C(C)C)OC4)c(=O)nc1NC(=O)c1ccccc1. The second kappa shape index (κ2) is 11.9. The van der Waals surface area contributed by atoms with Gasteiger partial charge in [-0.3, -0.25) is 14.2 Å². The molecule has 11 nitrogen and oxygen atoms in total. The Morgan fingerprint density at radius 1 is 1.02 bits per heavy atom. The maximum Gasteiger partial charge on any atom is 0.351 e. The van der Waals surface area contributed by atoms with Crippen molar-refractivity contribution in [2.24, 2.45) is 0 Å². The van der Waals surface area contributed by atoms with Gasteiger partial charge in [-0.2, -0.15) is 10.5 Å². The van der Waals surface area contributed by atoms with Crippen molar-refractivity contribution in [1.29, 1.82) is 0 Å². The van der Waals surface area contributed by atoms with E-state index in [0.29, 0.717) is 17.7 Å². The molecule has 236 valence electrons. The fourth-order valence-electron chi connectivity index (χ4n) is 6.69. The highest BCUT2D eigenvalue weighted by Gasteiger charge is 2.68. The number of aryl methyl sites for hydroxylation is 1. The summed E-state index contributed by atoms with van der Waals surface area (Å²) in [4.78, 5) is 36.6. The number of hydrogen-bond donors (Lipinski definition) is 2. The van der Waals surface area contributed by atoms with Gasteiger partial charge in [0, 0.05) is 17.3 Å². The zero-order valence-electron chi connectivity index (χ0n) is 26.7. The quantitative estimate of drug-likeness (QED) is 0.410. The van der Waals surface area contributed by atoms with E-state index in [1.54, 1.807) is 37.4 Å². The lowest BCUT2D eigenvalue weighted by atomic mass is 9.95. The molecule has 0 spiro atoms. The van der Waals surface area contributed by atoms with Crippen LogP contribution >= 0.6 is 0 Å². The molecule has 13 heteroatoms. The van der Waals surface area contributed by atoms with E-state index >= 15 is 0 Å². The molecular formula is C30H46N4O7Si2. The summed E-state index contributed by atoms with van der Waals surface area (Å²) in [6.07, 6.45) is -0.379. The zero-order chi connectivity index (χ0) is 31.3. The number of rotatable bonds is 7. The third-order valence-corrected chi connectivity index (χ3v) is 19.3. The summed E-state index contributed by atoms with van der Waals surface area (Å²) in [6, 6.07) is 8.80. The molecular weight excluding hydrogens is 585 g/mol. The summed E-state index contributed by atoms with van der Waals surface area (Å²) in [5, 5.41) is 2.76. The Labute approximate surface area is 256 Å². The minimum absolute atomic E-state index is 0.127. The Balaban J connectivity index is 1.53. The van der Waals surface area contributed by atoms with E-state index in [1.807, 2.05) is 6.07 Å². The Morgan fingerprint density at radius 2 is 1.65 bits per heavy atom. The van der Waals surface area contributed by atoms with Crippen LogP contribution in [-0.4, -0.2) is 63.5 Å². The molecule has 5 rings (SSSR count). The Morgan fingerprint density at radius 3 is 2.26 bits per heavy atom. The predicted molar refractivity (Wildman–Crippen MR) is 167 cm³/mol. The number of benzene rings is 1. The highest BCUT2D eigenvalue weighted by atomic mass is 28.5. The summed E-state index contributed by atoms with van der Waals surface area (Å²) in [5.74, 6) is -0.147. The zero-order valence-corrected chi connectivity index (χ0v) is 28.7. The van der Waals surface area contributed by atoms with E-state index < -0.39 is 46.8 Å². The van der Waals surface area contributed by atoms with Crippen molar-refractivity contribution in [3.8, 4) is 0 Å². The van der Waals surface area contributed by atoms with E-state index in [-0.39, 0.29) is 40.5 Å². The number of hydroxylamine groups is 1. The van der Waals surface area contributed by atoms with E-state index in [9.17, 15) is 9.59 Å². The fourth-order valence-corrected chi connectivity index (χ4v) is 18.0. The largest absolute Gasteiger partial charge is 0.414 e. The third kappa shape index (κ3) is 5.48. The first-order valence-electron chi connectivity index (χ1n) is 15.3. The number of nitrogens with one attached hydrogen (secondary N) is 2. The maximum atomic E-state index is 13.5. The van der Waals surface area contributed by atoms with Gasteiger partial charge in [-0.1, -0.05) is 73.6 Å². The summed E-state index contributed by atoms with van der Waals surface area (Å²) in [5.41, 5.74) is 3.28. The van der Waals surface area contributed by atoms with Crippen LogP contribution in [0.1, 0.15) is 77.5 Å². The van der Waals surface area contributed by atoms with E-state index in [0.717, 1.165) is 0 Å². The average molecular weight is 631 g/mol. The molecule has 0 saturated carbocycles. The molecule has 4 atom stereocenters. The van der Waals surface area contributed by atoms with Crippen molar-refractivity contribution in [3.63, 3.8) is 0 Å². The smallest absolute Gasteiger partial charge is 0.351 e. The number of hydrogen-bond acceptors (Lipinski definition) is 9. The van der Waals surface area contributed by atoms with Crippen molar-refractivity contribution in [2.75, 3.05) is 18.5 Å². The first-order chi connectivity index (χ1) is 20.3. The number of anilines is 1. The standard InChI is InChI=1S/C30H46N4O7Si2/c1-18(2)42(19(3)4)37-17-30-16-31-39-24(25(30)40-43(41-42,20(5)6)21(7)8)28(38-30)34-15-22(9)26(33-29(34)36)32-27(35)23-13-11-10-12-14-23/h10-15,18-21,24-25,28,31H,16-17H2,1-9H3,(H,32,33,35,36)/t24-,25?,28+,30+/m0/s1. The fraction of sp³-hybridized carbons (Fsp3) is 0.633. The van der Waals surface area contributed by atoms with Gasteiger partial charge in [-0.15, -0.1) is 0 Å². The number of amides is 1. The van der Waals surface area contributed by atoms with Gasteiger partial charge in [0.1, 0.15) is 17.5 Å². The summed E-state index contributed by atoms with van der Waals surface area (Å²) in [7, 11) is -5.76. The van der Waals surface area contributed by atoms with Crippen LogP contribution in [0.2, 0.25) is 22.2 Å². The van der Waals surface area contributed by atoms with Crippen LogP contribution in [0.15, 0.2) is 41.3 Å². The normalized spacial score (nSPS) is 28.2. The van der Waals surface area contributed by atoms with Gasteiger partial charge in [0.2, 0.25) is 0 Å². The van der Waals surface area contributed by atoms with Crippen LogP contribution in [0.25, 0.3) is 0 Å². The molecule has 1 aromatic heterocycles. The number of ether oxygens (including phenoxy) is 1. The molecule has 1 amide bonds. The van der Waals surface area contributed by atoms with Gasteiger partial charge >= 0.3 is 22.8 Å². The lowest BCUT2D eigenvalue weighted by molar-refractivity contribution is -0.164. The summed E-state index contributed by atoms with van der Waals surface area (Å²) in [6.45, 7) is 19.8. The number of nitrogens with zero attached hydrogens (tertiary/aromatic N) is 2. The van der Waals surface area contributed by atoms with E-state index in [1.165, 1.54) is 4.57 Å². The van der Waals surface area contributed by atoms with Gasteiger partial charge in [-0.25, -0.2) is 4.79 Å². The molecule has 0 aliphatic carbocycles. The van der Waals surface area contributed by atoms with Crippen molar-refractivity contribution in [2.45, 2.75) is 109 Å². The second-order valence-corrected chi connectivity index (χ2v) is 22.1. The molecule has 3 fully saturated rings. The molecule has 43 heavy (non-hydrogen) atoms. The molecule has 3 aliphatic heterocycles. The number of carbonyl (C=O) groups excluding carboxylic acids is 1. The molecule has 1 aromatic carbocycles. The van der Waals surface area contributed by atoms with Gasteiger partial charge in [0.15, 0.2) is 12.3 Å². The second-order valence-electron chi connectivity index (χ2n) is 13.3. The van der Waals surface area contributed by atoms with E-state index in [4.69, 9.17) is 22.5 Å². The molecule has 2 N–H and O–H groups in total. The van der Waals surface area contributed by atoms with Crippen LogP contribution < -0.4 is 16.5 Å². The molecule has 0 radical (unpaired) electrons.